The monoisotopic (exact) mass is 252 g/mol. The molecular weight excluding hydrogens is 232 g/mol. The van der Waals surface area contributed by atoms with E-state index in [1.165, 1.54) is 0 Å². The Morgan fingerprint density at radius 2 is 2.33 bits per heavy atom. The molecule has 100 valence electrons. The molecule has 0 saturated heterocycles. The van der Waals surface area contributed by atoms with Crippen molar-refractivity contribution in [3.8, 4) is 0 Å². The smallest absolute Gasteiger partial charge is 0.332 e. The van der Waals surface area contributed by atoms with Crippen molar-refractivity contribution >= 4 is 5.97 Å². The molecular formula is C13H20N2O3. The number of carbonyl (C=O) groups is 1. The van der Waals surface area contributed by atoms with Gasteiger partial charge in [0.2, 0.25) is 0 Å². The van der Waals surface area contributed by atoms with Crippen molar-refractivity contribution in [3.05, 3.63) is 30.1 Å². The number of likely N-dealkylation sites (N-methyl/N-ethyl adjacent to an activating group) is 1. The first kappa shape index (κ1) is 14.6. The van der Waals surface area contributed by atoms with Gasteiger partial charge in [-0.25, -0.2) is 4.79 Å². The van der Waals surface area contributed by atoms with E-state index < -0.39 is 0 Å². The van der Waals surface area contributed by atoms with Crippen LogP contribution in [-0.2, 0) is 20.8 Å². The van der Waals surface area contributed by atoms with Crippen molar-refractivity contribution in [3.63, 3.8) is 0 Å². The minimum atomic E-state index is -0.313. The number of hydrogen-bond donors (Lipinski definition) is 0. The first-order valence-corrected chi connectivity index (χ1v) is 6.03. The fourth-order valence-electron chi connectivity index (χ4n) is 1.46. The van der Waals surface area contributed by atoms with Crippen LogP contribution in [0.4, 0.5) is 0 Å². The molecule has 0 aliphatic rings. The Balaban J connectivity index is 2.10. The Bertz CT molecular complexity index is 343. The summed E-state index contributed by atoms with van der Waals surface area (Å²) < 4.78 is 9.98. The molecule has 0 aliphatic heterocycles. The van der Waals surface area contributed by atoms with E-state index in [-0.39, 0.29) is 12.6 Å². The summed E-state index contributed by atoms with van der Waals surface area (Å²) in [4.78, 5) is 17.2. The van der Waals surface area contributed by atoms with Crippen LogP contribution >= 0.6 is 0 Å². The highest BCUT2D eigenvalue weighted by atomic mass is 16.6. The van der Waals surface area contributed by atoms with Gasteiger partial charge in [-0.15, -0.1) is 0 Å². The van der Waals surface area contributed by atoms with Gasteiger partial charge in [0.1, 0.15) is 6.61 Å². The van der Waals surface area contributed by atoms with Gasteiger partial charge < -0.3 is 9.47 Å². The third-order valence-electron chi connectivity index (χ3n) is 2.32. The SMILES string of the molecule is CCOC(=O)COCCN(C)Cc1cccnc1. The maximum atomic E-state index is 11.0. The lowest BCUT2D eigenvalue weighted by Gasteiger charge is -2.16. The molecule has 0 radical (unpaired) electrons. The molecule has 0 aromatic carbocycles. The van der Waals surface area contributed by atoms with Crippen molar-refractivity contribution in [2.75, 3.05) is 33.4 Å². The average molecular weight is 252 g/mol. The van der Waals surface area contributed by atoms with E-state index in [1.807, 2.05) is 25.4 Å². The molecule has 0 spiro atoms. The maximum absolute atomic E-state index is 11.0. The second-order valence-corrected chi connectivity index (χ2v) is 3.96. The number of carbonyl (C=O) groups excluding carboxylic acids is 1. The van der Waals surface area contributed by atoms with Gasteiger partial charge in [0.25, 0.3) is 0 Å². The van der Waals surface area contributed by atoms with E-state index in [1.54, 1.807) is 13.1 Å². The third-order valence-corrected chi connectivity index (χ3v) is 2.32. The first-order valence-electron chi connectivity index (χ1n) is 6.03. The molecule has 1 heterocycles. The number of esters is 1. The number of ether oxygens (including phenoxy) is 2. The summed E-state index contributed by atoms with van der Waals surface area (Å²) in [6.07, 6.45) is 3.60. The molecule has 0 atom stereocenters. The van der Waals surface area contributed by atoms with E-state index >= 15 is 0 Å². The lowest BCUT2D eigenvalue weighted by molar-refractivity contribution is -0.148. The minimum Gasteiger partial charge on any atom is -0.464 e. The highest BCUT2D eigenvalue weighted by Gasteiger charge is 2.03. The standard InChI is InChI=1S/C13H20N2O3/c1-3-18-13(16)11-17-8-7-15(2)10-12-5-4-6-14-9-12/h4-6,9H,3,7-8,10-11H2,1-2H3. The van der Waals surface area contributed by atoms with Crippen LogP contribution in [0.15, 0.2) is 24.5 Å². The van der Waals surface area contributed by atoms with Gasteiger partial charge in [0.15, 0.2) is 0 Å². The number of hydrogen-bond acceptors (Lipinski definition) is 5. The van der Waals surface area contributed by atoms with Crippen molar-refractivity contribution in [1.82, 2.24) is 9.88 Å². The lowest BCUT2D eigenvalue weighted by Crippen LogP contribution is -2.24. The molecule has 5 heteroatoms. The minimum absolute atomic E-state index is 0.0224. The number of aromatic nitrogens is 1. The van der Waals surface area contributed by atoms with Crippen molar-refractivity contribution in [1.29, 1.82) is 0 Å². The molecule has 1 rings (SSSR count). The quantitative estimate of drug-likeness (QED) is 0.512. The van der Waals surface area contributed by atoms with E-state index in [9.17, 15) is 4.79 Å². The van der Waals surface area contributed by atoms with Crippen molar-refractivity contribution < 1.29 is 14.3 Å². The van der Waals surface area contributed by atoms with Gasteiger partial charge in [-0.2, -0.15) is 0 Å². The summed E-state index contributed by atoms with van der Waals surface area (Å²) in [5, 5.41) is 0. The summed E-state index contributed by atoms with van der Waals surface area (Å²) in [6.45, 7) is 4.28. The lowest BCUT2D eigenvalue weighted by atomic mass is 10.3. The molecule has 1 aromatic rings. The third kappa shape index (κ3) is 6.32. The summed E-state index contributed by atoms with van der Waals surface area (Å²) in [5.74, 6) is -0.313. The zero-order chi connectivity index (χ0) is 13.2. The fraction of sp³-hybridized carbons (Fsp3) is 0.538. The van der Waals surface area contributed by atoms with Gasteiger partial charge in [0, 0.05) is 25.5 Å². The molecule has 0 fully saturated rings. The highest BCUT2D eigenvalue weighted by molar-refractivity contribution is 5.70. The van der Waals surface area contributed by atoms with Gasteiger partial charge in [0.05, 0.1) is 13.2 Å². The Kier molecular flexibility index (Phi) is 6.98. The molecule has 18 heavy (non-hydrogen) atoms. The Hall–Kier alpha value is -1.46. The zero-order valence-corrected chi connectivity index (χ0v) is 11.0. The summed E-state index contributed by atoms with van der Waals surface area (Å²) in [5.41, 5.74) is 1.16. The molecule has 0 saturated carbocycles. The number of pyridine rings is 1. The van der Waals surface area contributed by atoms with Crippen LogP contribution in [0.3, 0.4) is 0 Å². The Morgan fingerprint density at radius 3 is 3.00 bits per heavy atom. The van der Waals surface area contributed by atoms with E-state index in [0.29, 0.717) is 13.2 Å². The normalized spacial score (nSPS) is 10.6. The van der Waals surface area contributed by atoms with Gasteiger partial charge in [-0.3, -0.25) is 9.88 Å². The van der Waals surface area contributed by atoms with Gasteiger partial charge in [-0.1, -0.05) is 6.07 Å². The summed E-state index contributed by atoms with van der Waals surface area (Å²) >= 11 is 0. The molecule has 0 N–H and O–H groups in total. The van der Waals surface area contributed by atoms with E-state index in [0.717, 1.165) is 18.7 Å². The van der Waals surface area contributed by atoms with Crippen LogP contribution in [0.25, 0.3) is 0 Å². The molecule has 0 bridgehead atoms. The van der Waals surface area contributed by atoms with Crippen LogP contribution < -0.4 is 0 Å². The zero-order valence-electron chi connectivity index (χ0n) is 11.0. The fourth-order valence-corrected chi connectivity index (χ4v) is 1.46. The predicted molar refractivity (Wildman–Crippen MR) is 68.0 cm³/mol. The molecule has 5 nitrogen and oxygen atoms in total. The van der Waals surface area contributed by atoms with Crippen LogP contribution in [-0.4, -0.2) is 49.3 Å². The number of nitrogens with zero attached hydrogens (tertiary/aromatic N) is 2. The van der Waals surface area contributed by atoms with Crippen molar-refractivity contribution in [2.24, 2.45) is 0 Å². The molecule has 0 unspecified atom stereocenters. The average Bonchev–Trinajstić information content (AvgIpc) is 2.36. The highest BCUT2D eigenvalue weighted by Crippen LogP contribution is 1.99. The van der Waals surface area contributed by atoms with Crippen LogP contribution in [0.1, 0.15) is 12.5 Å². The van der Waals surface area contributed by atoms with Gasteiger partial charge >= 0.3 is 5.97 Å². The van der Waals surface area contributed by atoms with Crippen molar-refractivity contribution in [2.45, 2.75) is 13.5 Å². The molecule has 1 aromatic heterocycles. The number of rotatable bonds is 8. The van der Waals surface area contributed by atoms with E-state index in [4.69, 9.17) is 9.47 Å². The predicted octanol–water partition coefficient (Wildman–Crippen LogP) is 1.09. The Morgan fingerprint density at radius 1 is 1.50 bits per heavy atom. The van der Waals surface area contributed by atoms with E-state index in [2.05, 4.69) is 9.88 Å². The molecule has 0 aliphatic carbocycles. The second-order valence-electron chi connectivity index (χ2n) is 3.96. The largest absolute Gasteiger partial charge is 0.464 e. The van der Waals surface area contributed by atoms with Crippen LogP contribution in [0, 0.1) is 0 Å². The second kappa shape index (κ2) is 8.60. The van der Waals surface area contributed by atoms with Crippen LogP contribution in [0.5, 0.6) is 0 Å². The topological polar surface area (TPSA) is 51.7 Å². The molecule has 0 amide bonds. The van der Waals surface area contributed by atoms with Crippen LogP contribution in [0.2, 0.25) is 0 Å². The maximum Gasteiger partial charge on any atom is 0.332 e. The Labute approximate surface area is 108 Å². The summed E-state index contributed by atoms with van der Waals surface area (Å²) in [6, 6.07) is 3.95. The van der Waals surface area contributed by atoms with Gasteiger partial charge in [-0.05, 0) is 25.6 Å². The summed E-state index contributed by atoms with van der Waals surface area (Å²) in [7, 11) is 2.00. The first-order chi connectivity index (χ1) is 8.72.